The normalized spacial score (nSPS) is 20.8. The molecule has 27 heavy (non-hydrogen) atoms. The number of carbonyl (C=O) groups is 2. The molecule has 1 N–H and O–H groups in total. The Labute approximate surface area is 161 Å². The van der Waals surface area contributed by atoms with Gasteiger partial charge in [0, 0.05) is 58.4 Å². The topological polar surface area (TPSA) is 61.9 Å². The van der Waals surface area contributed by atoms with Crippen LogP contribution in [-0.4, -0.2) is 60.6 Å². The molecule has 0 aliphatic carbocycles. The molecule has 6 heteroatoms. The van der Waals surface area contributed by atoms with Crippen LogP contribution in [0.3, 0.4) is 0 Å². The number of para-hydroxylation sites is 1. The van der Waals surface area contributed by atoms with Crippen LogP contribution in [0.5, 0.6) is 5.75 Å². The van der Waals surface area contributed by atoms with Crippen LogP contribution in [0.2, 0.25) is 0 Å². The highest BCUT2D eigenvalue weighted by atomic mass is 16.5. The van der Waals surface area contributed by atoms with E-state index in [-0.39, 0.29) is 29.5 Å². The highest BCUT2D eigenvalue weighted by molar-refractivity contribution is 5.77. The molecule has 1 atom stereocenters. The minimum absolute atomic E-state index is 0.00426. The first-order valence-electron chi connectivity index (χ1n) is 9.83. The van der Waals surface area contributed by atoms with Crippen LogP contribution in [0.25, 0.3) is 0 Å². The molecule has 1 saturated heterocycles. The summed E-state index contributed by atoms with van der Waals surface area (Å²) >= 11 is 0. The van der Waals surface area contributed by atoms with Gasteiger partial charge in [-0.15, -0.1) is 0 Å². The van der Waals surface area contributed by atoms with E-state index in [1.807, 2.05) is 36.9 Å². The number of ether oxygens (including phenoxy) is 1. The molecule has 0 saturated carbocycles. The Morgan fingerprint density at radius 3 is 2.56 bits per heavy atom. The molecular weight excluding hydrogens is 342 g/mol. The lowest BCUT2D eigenvalue weighted by atomic mass is 9.76. The Morgan fingerprint density at radius 2 is 1.93 bits per heavy atom. The van der Waals surface area contributed by atoms with Crippen molar-refractivity contribution in [1.29, 1.82) is 0 Å². The summed E-state index contributed by atoms with van der Waals surface area (Å²) in [6.07, 6.45) is 2.90. The van der Waals surface area contributed by atoms with Crippen molar-refractivity contribution in [3.63, 3.8) is 0 Å². The maximum absolute atomic E-state index is 12.4. The van der Waals surface area contributed by atoms with Crippen LogP contribution in [0.1, 0.15) is 51.0 Å². The summed E-state index contributed by atoms with van der Waals surface area (Å²) in [7, 11) is 3.60. The van der Waals surface area contributed by atoms with Gasteiger partial charge in [-0.25, -0.2) is 4.79 Å². The Morgan fingerprint density at radius 1 is 1.26 bits per heavy atom. The second-order valence-electron chi connectivity index (χ2n) is 8.31. The van der Waals surface area contributed by atoms with Crippen LogP contribution in [-0.2, 0) is 4.79 Å². The number of rotatable bonds is 3. The van der Waals surface area contributed by atoms with Gasteiger partial charge in [0.15, 0.2) is 0 Å². The van der Waals surface area contributed by atoms with Gasteiger partial charge in [0.05, 0.1) is 0 Å². The van der Waals surface area contributed by atoms with Crippen molar-refractivity contribution in [2.75, 3.05) is 27.2 Å². The number of hydrogen-bond acceptors (Lipinski definition) is 3. The molecule has 0 bridgehead atoms. The number of benzene rings is 1. The Hall–Kier alpha value is -2.24. The van der Waals surface area contributed by atoms with E-state index >= 15 is 0 Å². The number of hydrogen-bond donors (Lipinski definition) is 1. The number of carbonyl (C=O) groups excluding carboxylic acids is 2. The van der Waals surface area contributed by atoms with Gasteiger partial charge < -0.3 is 19.9 Å². The first-order valence-corrected chi connectivity index (χ1v) is 9.83. The van der Waals surface area contributed by atoms with Crippen LogP contribution >= 0.6 is 0 Å². The number of urea groups is 1. The molecule has 6 nitrogen and oxygen atoms in total. The summed E-state index contributed by atoms with van der Waals surface area (Å²) in [5, 5.41) is 2.96. The highest BCUT2D eigenvalue weighted by Crippen LogP contribution is 2.46. The van der Waals surface area contributed by atoms with Crippen molar-refractivity contribution in [1.82, 2.24) is 15.1 Å². The maximum atomic E-state index is 12.4. The van der Waals surface area contributed by atoms with Crippen LogP contribution in [0.4, 0.5) is 4.79 Å². The van der Waals surface area contributed by atoms with Crippen LogP contribution in [0.15, 0.2) is 24.3 Å². The number of nitrogens with one attached hydrogen (secondary N) is 1. The number of likely N-dealkylation sites (tertiary alicyclic amines) is 1. The van der Waals surface area contributed by atoms with Crippen molar-refractivity contribution in [3.05, 3.63) is 29.8 Å². The number of fused-ring (bicyclic) bond motifs is 1. The van der Waals surface area contributed by atoms with Gasteiger partial charge in [-0.05, 0) is 31.9 Å². The molecule has 148 valence electrons. The molecule has 2 aliphatic rings. The average Bonchev–Trinajstić information content (AvgIpc) is 2.61. The fourth-order valence-electron chi connectivity index (χ4n) is 4.08. The molecule has 1 spiro atoms. The monoisotopic (exact) mass is 373 g/mol. The zero-order valence-electron chi connectivity index (χ0n) is 16.8. The minimum Gasteiger partial charge on any atom is -0.487 e. The predicted molar refractivity (Wildman–Crippen MR) is 105 cm³/mol. The Bertz CT molecular complexity index is 694. The summed E-state index contributed by atoms with van der Waals surface area (Å²) < 4.78 is 6.46. The van der Waals surface area contributed by atoms with Gasteiger partial charge in [0.25, 0.3) is 0 Å². The average molecular weight is 373 g/mol. The fourth-order valence-corrected chi connectivity index (χ4v) is 4.08. The largest absolute Gasteiger partial charge is 0.487 e. The van der Waals surface area contributed by atoms with E-state index in [9.17, 15) is 9.59 Å². The third-order valence-electron chi connectivity index (χ3n) is 5.60. The quantitative estimate of drug-likeness (QED) is 0.886. The number of piperidine rings is 1. The molecule has 0 aromatic heterocycles. The summed E-state index contributed by atoms with van der Waals surface area (Å²) in [5.74, 6) is 1.18. The van der Waals surface area contributed by atoms with E-state index in [1.165, 1.54) is 0 Å². The van der Waals surface area contributed by atoms with Crippen molar-refractivity contribution >= 4 is 11.9 Å². The van der Waals surface area contributed by atoms with Gasteiger partial charge in [-0.2, -0.15) is 0 Å². The predicted octanol–water partition coefficient (Wildman–Crippen LogP) is 2.98. The van der Waals surface area contributed by atoms with Gasteiger partial charge in [-0.1, -0.05) is 18.2 Å². The molecule has 2 heterocycles. The zero-order valence-corrected chi connectivity index (χ0v) is 16.8. The molecule has 2 aliphatic heterocycles. The van der Waals surface area contributed by atoms with Crippen LogP contribution < -0.4 is 10.1 Å². The lowest BCUT2D eigenvalue weighted by Gasteiger charge is -2.47. The first kappa shape index (κ1) is 19.5. The lowest BCUT2D eigenvalue weighted by molar-refractivity contribution is -0.129. The third kappa shape index (κ3) is 4.37. The molecule has 3 amide bonds. The summed E-state index contributed by atoms with van der Waals surface area (Å²) in [6, 6.07) is 8.19. The summed E-state index contributed by atoms with van der Waals surface area (Å²) in [6.45, 7) is 5.29. The minimum atomic E-state index is -0.291. The number of amides is 3. The second kappa shape index (κ2) is 7.79. The zero-order chi connectivity index (χ0) is 19.6. The van der Waals surface area contributed by atoms with E-state index in [0.29, 0.717) is 19.5 Å². The highest BCUT2D eigenvalue weighted by Gasteiger charge is 2.44. The molecule has 0 unspecified atom stereocenters. The van der Waals surface area contributed by atoms with Crippen molar-refractivity contribution in [2.45, 2.75) is 57.1 Å². The molecule has 1 aromatic carbocycles. The van der Waals surface area contributed by atoms with Crippen molar-refractivity contribution < 1.29 is 14.3 Å². The first-order chi connectivity index (χ1) is 12.8. The second-order valence-corrected chi connectivity index (χ2v) is 8.31. The molecule has 0 radical (unpaired) electrons. The molecule has 1 fully saturated rings. The van der Waals surface area contributed by atoms with E-state index in [4.69, 9.17) is 4.74 Å². The van der Waals surface area contributed by atoms with Gasteiger partial charge in [0.1, 0.15) is 11.4 Å². The smallest absolute Gasteiger partial charge is 0.317 e. The van der Waals surface area contributed by atoms with Gasteiger partial charge in [-0.3, -0.25) is 4.79 Å². The fraction of sp³-hybridized carbons (Fsp3) is 0.619. The Balaban J connectivity index is 1.74. The Kier molecular flexibility index (Phi) is 5.63. The van der Waals surface area contributed by atoms with Gasteiger partial charge >= 0.3 is 6.03 Å². The van der Waals surface area contributed by atoms with Gasteiger partial charge in [0.2, 0.25) is 5.91 Å². The summed E-state index contributed by atoms with van der Waals surface area (Å²) in [5.41, 5.74) is 0.832. The third-order valence-corrected chi connectivity index (χ3v) is 5.60. The maximum Gasteiger partial charge on any atom is 0.317 e. The molecule has 1 aromatic rings. The SMILES string of the molecule is CC(C)NC(=O)N1CCC2(CC1)C[C@@H](CC(=O)N(C)C)c1ccccc1O2. The van der Waals surface area contributed by atoms with E-state index < -0.39 is 0 Å². The lowest BCUT2D eigenvalue weighted by Crippen LogP contribution is -2.54. The van der Waals surface area contributed by atoms with Crippen molar-refractivity contribution in [2.24, 2.45) is 0 Å². The molecular formula is C21H31N3O3. The van der Waals surface area contributed by atoms with E-state index in [2.05, 4.69) is 11.4 Å². The molecule has 3 rings (SSSR count). The van der Waals surface area contributed by atoms with E-state index in [1.54, 1.807) is 19.0 Å². The van der Waals surface area contributed by atoms with E-state index in [0.717, 1.165) is 30.6 Å². The summed E-state index contributed by atoms with van der Waals surface area (Å²) in [4.78, 5) is 28.2. The van der Waals surface area contributed by atoms with Crippen LogP contribution in [0, 0.1) is 0 Å². The van der Waals surface area contributed by atoms with Crippen molar-refractivity contribution in [3.8, 4) is 5.75 Å². The standard InChI is InChI=1S/C21H31N3O3/c1-15(2)22-20(26)24-11-9-21(10-12-24)14-16(13-19(25)23(3)4)17-7-5-6-8-18(17)27-21/h5-8,15-16H,9-14H2,1-4H3,(H,22,26)/t16-/m1/s1. The number of nitrogens with zero attached hydrogens (tertiary/aromatic N) is 2.